The molecule has 2 aromatic rings. The number of likely N-dealkylation sites (tertiary alicyclic amines) is 1. The fraction of sp³-hybridized carbons (Fsp3) is 0.581. The number of benzene rings is 2. The Balaban J connectivity index is 1.55. The predicted octanol–water partition coefficient (Wildman–Crippen LogP) is 4.52. The number of ether oxygens (including phenoxy) is 1. The highest BCUT2D eigenvalue weighted by Crippen LogP contribution is 2.37. The smallest absolute Gasteiger partial charge is 0.390 e. The number of aliphatic hydroxyl groups is 1. The van der Waals surface area contributed by atoms with Crippen molar-refractivity contribution in [2.75, 3.05) is 65.6 Å². The van der Waals surface area contributed by atoms with Gasteiger partial charge in [0.25, 0.3) is 5.91 Å². The van der Waals surface area contributed by atoms with Crippen molar-refractivity contribution in [1.29, 1.82) is 0 Å². The second-order valence-electron chi connectivity index (χ2n) is 11.7. The summed E-state index contributed by atoms with van der Waals surface area (Å²) in [7, 11) is 0. The second-order valence-corrected chi connectivity index (χ2v) is 11.7. The van der Waals surface area contributed by atoms with E-state index in [1.165, 1.54) is 12.1 Å². The highest BCUT2D eigenvalue weighted by Gasteiger charge is 2.38. The molecule has 3 atom stereocenters. The highest BCUT2D eigenvalue weighted by molar-refractivity contribution is 5.94. The maximum Gasteiger partial charge on any atom is 0.416 e. The average Bonchev–Trinajstić information content (AvgIpc) is 3.30. The van der Waals surface area contributed by atoms with Gasteiger partial charge in [-0.05, 0) is 42.5 Å². The monoisotopic (exact) mass is 561 g/mol. The zero-order valence-electron chi connectivity index (χ0n) is 23.7. The van der Waals surface area contributed by atoms with Crippen LogP contribution in [0, 0.1) is 18.8 Å². The van der Waals surface area contributed by atoms with Gasteiger partial charge in [0, 0.05) is 63.8 Å². The number of hydrogen-bond donors (Lipinski definition) is 1. The standard InChI is InChI=1S/C31H42F3N3O3/c1-22(2)16-37(30(39)24-9-7-23(3)8-10-24)18-26-17-36(20-28(38)19-35-11-13-40-14-12-35)21-29(26)25-5-4-6-27(15-25)31(32,33)34/h4-10,15,22,26,28-29,38H,11-14,16-21H2,1-3H3. The Hall–Kier alpha value is -2.46. The topological polar surface area (TPSA) is 56.2 Å². The number of morpholine rings is 1. The molecule has 0 aromatic heterocycles. The molecule has 6 nitrogen and oxygen atoms in total. The maximum atomic E-state index is 13.6. The lowest BCUT2D eigenvalue weighted by Crippen LogP contribution is -2.44. The molecule has 1 amide bonds. The van der Waals surface area contributed by atoms with Crippen LogP contribution < -0.4 is 0 Å². The van der Waals surface area contributed by atoms with E-state index in [9.17, 15) is 23.1 Å². The minimum Gasteiger partial charge on any atom is -0.390 e. The minimum atomic E-state index is -4.43. The molecule has 2 fully saturated rings. The molecule has 40 heavy (non-hydrogen) atoms. The van der Waals surface area contributed by atoms with Crippen LogP contribution in [0.15, 0.2) is 48.5 Å². The van der Waals surface area contributed by atoms with Crippen molar-refractivity contribution in [2.24, 2.45) is 11.8 Å². The van der Waals surface area contributed by atoms with Gasteiger partial charge < -0.3 is 14.7 Å². The Kier molecular flexibility index (Phi) is 10.3. The van der Waals surface area contributed by atoms with Crippen molar-refractivity contribution >= 4 is 5.91 Å². The molecule has 3 unspecified atom stereocenters. The third kappa shape index (κ3) is 8.28. The number of halogens is 3. The van der Waals surface area contributed by atoms with Crippen molar-refractivity contribution in [1.82, 2.24) is 14.7 Å². The van der Waals surface area contributed by atoms with E-state index in [-0.39, 0.29) is 23.7 Å². The molecule has 1 N–H and O–H groups in total. The molecular formula is C31H42F3N3O3. The Morgan fingerprint density at radius 2 is 1.73 bits per heavy atom. The molecule has 0 spiro atoms. The summed E-state index contributed by atoms with van der Waals surface area (Å²) in [5, 5.41) is 10.9. The summed E-state index contributed by atoms with van der Waals surface area (Å²) in [5.74, 6) is -0.109. The highest BCUT2D eigenvalue weighted by atomic mass is 19.4. The second kappa shape index (κ2) is 13.5. The normalized spacial score (nSPS) is 21.6. The van der Waals surface area contributed by atoms with Crippen LogP contribution in [0.4, 0.5) is 13.2 Å². The molecule has 2 aliphatic rings. The van der Waals surface area contributed by atoms with Gasteiger partial charge in [-0.1, -0.05) is 49.7 Å². The van der Waals surface area contributed by atoms with Gasteiger partial charge in [0.1, 0.15) is 0 Å². The summed E-state index contributed by atoms with van der Waals surface area (Å²) in [5.41, 5.74) is 1.64. The first-order valence-electron chi connectivity index (χ1n) is 14.2. The lowest BCUT2D eigenvalue weighted by molar-refractivity contribution is -0.137. The van der Waals surface area contributed by atoms with E-state index >= 15 is 0 Å². The van der Waals surface area contributed by atoms with Crippen molar-refractivity contribution in [3.8, 4) is 0 Å². The van der Waals surface area contributed by atoms with E-state index in [1.54, 1.807) is 6.07 Å². The zero-order valence-corrected chi connectivity index (χ0v) is 23.7. The third-order valence-corrected chi connectivity index (χ3v) is 7.83. The number of β-amino-alcohol motifs (C(OH)–C–C–N with tert-alkyl or cyclic N) is 1. The number of aryl methyl sites for hydroxylation is 1. The number of nitrogens with zero attached hydrogens (tertiary/aromatic N) is 3. The van der Waals surface area contributed by atoms with E-state index in [1.807, 2.05) is 36.1 Å². The maximum absolute atomic E-state index is 13.6. The van der Waals surface area contributed by atoms with E-state index in [0.717, 1.165) is 24.7 Å². The number of carbonyl (C=O) groups excluding carboxylic acids is 1. The van der Waals surface area contributed by atoms with Gasteiger partial charge in [-0.3, -0.25) is 14.6 Å². The third-order valence-electron chi connectivity index (χ3n) is 7.83. The Bertz CT molecular complexity index is 1100. The molecular weight excluding hydrogens is 519 g/mol. The van der Waals surface area contributed by atoms with Crippen molar-refractivity contribution in [2.45, 2.75) is 39.0 Å². The fourth-order valence-electron chi connectivity index (χ4n) is 5.90. The summed E-state index contributed by atoms with van der Waals surface area (Å²) < 4.78 is 46.2. The van der Waals surface area contributed by atoms with E-state index in [0.29, 0.717) is 63.6 Å². The molecule has 0 bridgehead atoms. The van der Waals surface area contributed by atoms with Gasteiger partial charge in [0.15, 0.2) is 0 Å². The van der Waals surface area contributed by atoms with Crippen molar-refractivity contribution < 1.29 is 27.8 Å². The molecule has 220 valence electrons. The number of aliphatic hydroxyl groups excluding tert-OH is 1. The first kappa shape index (κ1) is 30.5. The van der Waals surface area contributed by atoms with Crippen LogP contribution in [0.25, 0.3) is 0 Å². The van der Waals surface area contributed by atoms with Gasteiger partial charge in [-0.2, -0.15) is 13.2 Å². The zero-order chi connectivity index (χ0) is 28.9. The molecule has 4 rings (SSSR count). The lowest BCUT2D eigenvalue weighted by atomic mass is 9.87. The summed E-state index contributed by atoms with van der Waals surface area (Å²) in [4.78, 5) is 19.8. The summed E-state index contributed by atoms with van der Waals surface area (Å²) in [6.45, 7) is 12.0. The number of hydrogen-bond acceptors (Lipinski definition) is 5. The van der Waals surface area contributed by atoms with Crippen molar-refractivity contribution in [3.05, 3.63) is 70.8 Å². The number of amides is 1. The molecule has 0 saturated carbocycles. The van der Waals surface area contributed by atoms with Crippen LogP contribution >= 0.6 is 0 Å². The SMILES string of the molecule is Cc1ccc(C(=O)N(CC(C)C)CC2CN(CC(O)CN3CCOCC3)CC2c2cccc(C(F)(F)F)c2)cc1. The molecule has 2 aliphatic heterocycles. The van der Waals surface area contributed by atoms with E-state index in [4.69, 9.17) is 4.74 Å². The van der Waals surface area contributed by atoms with E-state index < -0.39 is 17.8 Å². The lowest BCUT2D eigenvalue weighted by Gasteiger charge is -2.30. The number of carbonyl (C=O) groups is 1. The first-order valence-corrected chi connectivity index (χ1v) is 14.2. The van der Waals surface area contributed by atoms with Crippen LogP contribution in [0.3, 0.4) is 0 Å². The van der Waals surface area contributed by atoms with Gasteiger partial charge in [0.05, 0.1) is 24.9 Å². The largest absolute Gasteiger partial charge is 0.416 e. The molecule has 2 heterocycles. The van der Waals surface area contributed by atoms with Gasteiger partial charge in [-0.15, -0.1) is 0 Å². The predicted molar refractivity (Wildman–Crippen MR) is 149 cm³/mol. The molecule has 9 heteroatoms. The van der Waals surface area contributed by atoms with Gasteiger partial charge in [0.2, 0.25) is 0 Å². The summed E-state index contributed by atoms with van der Waals surface area (Å²) in [6, 6.07) is 13.1. The average molecular weight is 562 g/mol. The molecule has 2 aromatic carbocycles. The fourth-order valence-corrected chi connectivity index (χ4v) is 5.90. The summed E-state index contributed by atoms with van der Waals surface area (Å²) in [6.07, 6.45) is -5.01. The van der Waals surface area contributed by atoms with Crippen LogP contribution in [0.1, 0.15) is 46.8 Å². The van der Waals surface area contributed by atoms with Crippen LogP contribution in [-0.2, 0) is 10.9 Å². The van der Waals surface area contributed by atoms with Gasteiger partial charge >= 0.3 is 6.18 Å². The molecule has 2 saturated heterocycles. The van der Waals surface area contributed by atoms with Crippen molar-refractivity contribution in [3.63, 3.8) is 0 Å². The Morgan fingerprint density at radius 3 is 2.38 bits per heavy atom. The Morgan fingerprint density at radius 1 is 1.05 bits per heavy atom. The number of alkyl halides is 3. The van der Waals surface area contributed by atoms with Gasteiger partial charge in [-0.25, -0.2) is 0 Å². The van der Waals surface area contributed by atoms with Crippen LogP contribution in [0.5, 0.6) is 0 Å². The minimum absolute atomic E-state index is 0.0673. The number of rotatable bonds is 10. The van der Waals surface area contributed by atoms with E-state index in [2.05, 4.69) is 23.6 Å². The first-order chi connectivity index (χ1) is 19.0. The summed E-state index contributed by atoms with van der Waals surface area (Å²) >= 11 is 0. The molecule has 0 aliphatic carbocycles. The molecule has 0 radical (unpaired) electrons. The van der Waals surface area contributed by atoms with Crippen LogP contribution in [0.2, 0.25) is 0 Å². The quantitative estimate of drug-likeness (QED) is 0.463. The van der Waals surface area contributed by atoms with Crippen LogP contribution in [-0.4, -0.2) is 97.4 Å². The Labute approximate surface area is 235 Å².